The molecule has 1 heterocycles. The topological polar surface area (TPSA) is 37.8 Å². The third-order valence-electron chi connectivity index (χ3n) is 2.17. The molecule has 0 aliphatic rings. The van der Waals surface area contributed by atoms with Gasteiger partial charge in [-0.3, -0.25) is 0 Å². The maximum atomic E-state index is 4.22. The minimum atomic E-state index is 0.848. The predicted octanol–water partition coefficient (Wildman–Crippen LogP) is 3.11. The van der Waals surface area contributed by atoms with E-state index in [0.717, 1.165) is 16.0 Å². The van der Waals surface area contributed by atoms with Crippen LogP contribution in [0.4, 0.5) is 0 Å². The fourth-order valence-corrected chi connectivity index (χ4v) is 2.84. The van der Waals surface area contributed by atoms with Gasteiger partial charge in [-0.25, -0.2) is 9.97 Å². The second kappa shape index (κ2) is 6.14. The smallest absolute Gasteiger partial charge is 0.116 e. The summed E-state index contributed by atoms with van der Waals surface area (Å²) in [5, 5.41) is 4.12. The normalized spacial score (nSPS) is 10.5. The Labute approximate surface area is 113 Å². The Hall–Kier alpha value is -0.910. The quantitative estimate of drug-likeness (QED) is 0.881. The molecule has 0 unspecified atom stereocenters. The van der Waals surface area contributed by atoms with Gasteiger partial charge in [-0.05, 0) is 30.8 Å². The molecule has 0 atom stereocenters. The molecule has 88 valence electrons. The molecule has 1 N–H and O–H groups in total. The van der Waals surface area contributed by atoms with Gasteiger partial charge in [-0.2, -0.15) is 0 Å². The van der Waals surface area contributed by atoms with E-state index in [1.807, 2.05) is 13.1 Å². The molecule has 0 bridgehead atoms. The Balaban J connectivity index is 2.27. The van der Waals surface area contributed by atoms with Gasteiger partial charge in [0.05, 0.1) is 0 Å². The van der Waals surface area contributed by atoms with Gasteiger partial charge in [0, 0.05) is 22.1 Å². The third kappa shape index (κ3) is 3.52. The third-order valence-corrected chi connectivity index (χ3v) is 3.71. The van der Waals surface area contributed by atoms with Crippen molar-refractivity contribution in [1.29, 1.82) is 0 Å². The standard InChI is InChI=1S/C12H12BrN3S/c1-14-7-9-2-3-10(13)6-11(9)17-12-4-5-15-8-16-12/h2-6,8,14H,7H2,1H3. The number of nitrogens with one attached hydrogen (secondary N) is 1. The fraction of sp³-hybridized carbons (Fsp3) is 0.167. The summed E-state index contributed by atoms with van der Waals surface area (Å²) in [6, 6.07) is 8.19. The summed E-state index contributed by atoms with van der Waals surface area (Å²) in [5.41, 5.74) is 1.26. The highest BCUT2D eigenvalue weighted by Gasteiger charge is 2.05. The lowest BCUT2D eigenvalue weighted by Crippen LogP contribution is -2.06. The average Bonchev–Trinajstić information content (AvgIpc) is 2.34. The number of halogens is 1. The Kier molecular flexibility index (Phi) is 4.53. The fourth-order valence-electron chi connectivity index (χ4n) is 1.41. The molecular weight excluding hydrogens is 298 g/mol. The number of nitrogens with zero attached hydrogens (tertiary/aromatic N) is 2. The zero-order chi connectivity index (χ0) is 12.1. The monoisotopic (exact) mass is 309 g/mol. The Bertz CT molecular complexity index is 490. The van der Waals surface area contributed by atoms with Crippen LogP contribution in [0.2, 0.25) is 0 Å². The Morgan fingerprint density at radius 3 is 2.94 bits per heavy atom. The van der Waals surface area contributed by atoms with Crippen molar-refractivity contribution in [2.45, 2.75) is 16.5 Å². The van der Waals surface area contributed by atoms with Gasteiger partial charge in [-0.15, -0.1) is 0 Å². The first kappa shape index (κ1) is 12.5. The van der Waals surface area contributed by atoms with E-state index in [1.165, 1.54) is 10.5 Å². The van der Waals surface area contributed by atoms with E-state index in [2.05, 4.69) is 49.4 Å². The Morgan fingerprint density at radius 2 is 2.24 bits per heavy atom. The van der Waals surface area contributed by atoms with Crippen LogP contribution in [0.5, 0.6) is 0 Å². The van der Waals surface area contributed by atoms with Crippen LogP contribution in [0.15, 0.2) is 51.2 Å². The predicted molar refractivity (Wildman–Crippen MR) is 73.1 cm³/mol. The summed E-state index contributed by atoms with van der Waals surface area (Å²) < 4.78 is 1.08. The molecule has 0 fully saturated rings. The highest BCUT2D eigenvalue weighted by Crippen LogP contribution is 2.31. The lowest BCUT2D eigenvalue weighted by molar-refractivity contribution is 0.802. The van der Waals surface area contributed by atoms with E-state index in [1.54, 1.807) is 24.3 Å². The summed E-state index contributed by atoms with van der Waals surface area (Å²) >= 11 is 5.14. The lowest BCUT2D eigenvalue weighted by atomic mass is 10.2. The van der Waals surface area contributed by atoms with Crippen molar-refractivity contribution in [1.82, 2.24) is 15.3 Å². The molecule has 0 radical (unpaired) electrons. The van der Waals surface area contributed by atoms with Crippen LogP contribution in [0.3, 0.4) is 0 Å². The molecule has 17 heavy (non-hydrogen) atoms. The zero-order valence-electron chi connectivity index (χ0n) is 9.35. The van der Waals surface area contributed by atoms with E-state index < -0.39 is 0 Å². The van der Waals surface area contributed by atoms with E-state index in [9.17, 15) is 0 Å². The second-order valence-corrected chi connectivity index (χ2v) is 5.41. The highest BCUT2D eigenvalue weighted by atomic mass is 79.9. The minimum Gasteiger partial charge on any atom is -0.316 e. The van der Waals surface area contributed by atoms with Crippen LogP contribution in [-0.4, -0.2) is 17.0 Å². The molecular formula is C12H12BrN3S. The highest BCUT2D eigenvalue weighted by molar-refractivity contribution is 9.10. The molecule has 0 saturated heterocycles. The van der Waals surface area contributed by atoms with Crippen molar-refractivity contribution >= 4 is 27.7 Å². The molecule has 1 aromatic heterocycles. The van der Waals surface area contributed by atoms with Crippen LogP contribution in [0.25, 0.3) is 0 Å². The Morgan fingerprint density at radius 1 is 1.35 bits per heavy atom. The van der Waals surface area contributed by atoms with Crippen molar-refractivity contribution in [3.05, 3.63) is 46.8 Å². The van der Waals surface area contributed by atoms with Gasteiger partial charge in [0.15, 0.2) is 0 Å². The van der Waals surface area contributed by atoms with Gasteiger partial charge >= 0.3 is 0 Å². The summed E-state index contributed by atoms with van der Waals surface area (Å²) in [7, 11) is 1.95. The van der Waals surface area contributed by atoms with E-state index in [4.69, 9.17) is 0 Å². The van der Waals surface area contributed by atoms with Crippen molar-refractivity contribution in [3.63, 3.8) is 0 Å². The number of benzene rings is 1. The number of aromatic nitrogens is 2. The largest absolute Gasteiger partial charge is 0.316 e. The molecule has 0 aliphatic carbocycles. The first-order valence-corrected chi connectivity index (χ1v) is 6.77. The van der Waals surface area contributed by atoms with Crippen molar-refractivity contribution < 1.29 is 0 Å². The van der Waals surface area contributed by atoms with Crippen LogP contribution in [0, 0.1) is 0 Å². The molecule has 1 aromatic carbocycles. The van der Waals surface area contributed by atoms with Gasteiger partial charge in [0.2, 0.25) is 0 Å². The van der Waals surface area contributed by atoms with Crippen molar-refractivity contribution in [2.75, 3.05) is 7.05 Å². The number of rotatable bonds is 4. The van der Waals surface area contributed by atoms with Crippen LogP contribution in [-0.2, 0) is 6.54 Å². The SMILES string of the molecule is CNCc1ccc(Br)cc1Sc1ccncn1. The molecule has 0 amide bonds. The molecule has 5 heteroatoms. The van der Waals surface area contributed by atoms with Crippen molar-refractivity contribution in [3.8, 4) is 0 Å². The molecule has 2 rings (SSSR count). The van der Waals surface area contributed by atoms with Gasteiger partial charge in [0.25, 0.3) is 0 Å². The first-order valence-electron chi connectivity index (χ1n) is 5.16. The van der Waals surface area contributed by atoms with E-state index in [0.29, 0.717) is 0 Å². The first-order chi connectivity index (χ1) is 8.29. The van der Waals surface area contributed by atoms with E-state index in [-0.39, 0.29) is 0 Å². The van der Waals surface area contributed by atoms with Gasteiger partial charge in [0.1, 0.15) is 11.4 Å². The summed E-state index contributed by atoms with van der Waals surface area (Å²) in [6.45, 7) is 0.848. The number of hydrogen-bond donors (Lipinski definition) is 1. The molecule has 0 aliphatic heterocycles. The van der Waals surface area contributed by atoms with Crippen LogP contribution < -0.4 is 5.32 Å². The number of hydrogen-bond acceptors (Lipinski definition) is 4. The molecule has 0 spiro atoms. The van der Waals surface area contributed by atoms with Crippen LogP contribution >= 0.6 is 27.7 Å². The summed E-state index contributed by atoms with van der Waals surface area (Å²) in [6.07, 6.45) is 3.32. The van der Waals surface area contributed by atoms with Crippen molar-refractivity contribution in [2.24, 2.45) is 0 Å². The summed E-state index contributed by atoms with van der Waals surface area (Å²) in [5.74, 6) is 0. The van der Waals surface area contributed by atoms with Crippen LogP contribution in [0.1, 0.15) is 5.56 Å². The maximum absolute atomic E-state index is 4.22. The lowest BCUT2D eigenvalue weighted by Gasteiger charge is -2.08. The minimum absolute atomic E-state index is 0.848. The van der Waals surface area contributed by atoms with E-state index >= 15 is 0 Å². The van der Waals surface area contributed by atoms with Gasteiger partial charge in [-0.1, -0.05) is 33.8 Å². The molecule has 3 nitrogen and oxygen atoms in total. The maximum Gasteiger partial charge on any atom is 0.116 e. The summed E-state index contributed by atoms with van der Waals surface area (Å²) in [4.78, 5) is 9.34. The zero-order valence-corrected chi connectivity index (χ0v) is 11.8. The second-order valence-electron chi connectivity index (χ2n) is 3.43. The molecule has 2 aromatic rings. The van der Waals surface area contributed by atoms with Gasteiger partial charge < -0.3 is 5.32 Å². The molecule has 0 saturated carbocycles. The average molecular weight is 310 g/mol.